The second-order valence-corrected chi connectivity index (χ2v) is 5.81. The molecule has 0 radical (unpaired) electrons. The Kier molecular flexibility index (Phi) is 3.62. The van der Waals surface area contributed by atoms with Crippen molar-refractivity contribution in [3.63, 3.8) is 0 Å². The van der Waals surface area contributed by atoms with E-state index in [2.05, 4.69) is 10.3 Å². The van der Waals surface area contributed by atoms with E-state index >= 15 is 0 Å². The van der Waals surface area contributed by atoms with Crippen molar-refractivity contribution in [3.05, 3.63) is 46.6 Å². The Labute approximate surface area is 127 Å². The lowest BCUT2D eigenvalue weighted by Gasteiger charge is -2.21. The first kappa shape index (κ1) is 14.6. The molecular formula is C16H19N3O3. The van der Waals surface area contributed by atoms with Crippen molar-refractivity contribution >= 4 is 11.6 Å². The monoisotopic (exact) mass is 301 g/mol. The maximum atomic E-state index is 12.2. The number of rotatable bonds is 3. The molecule has 22 heavy (non-hydrogen) atoms. The summed E-state index contributed by atoms with van der Waals surface area (Å²) in [5.41, 5.74) is 0.519. The van der Waals surface area contributed by atoms with Crippen LogP contribution in [0.1, 0.15) is 31.4 Å². The fourth-order valence-corrected chi connectivity index (χ4v) is 2.93. The molecule has 0 spiro atoms. The van der Waals surface area contributed by atoms with E-state index in [1.165, 1.54) is 4.57 Å². The average Bonchev–Trinajstić information content (AvgIpc) is 3.07. The molecule has 1 amide bonds. The first-order chi connectivity index (χ1) is 10.5. The Morgan fingerprint density at radius 3 is 2.73 bits per heavy atom. The number of hydrogen-bond acceptors (Lipinski definition) is 3. The molecule has 0 aliphatic heterocycles. The molecule has 1 aliphatic carbocycles. The zero-order valence-corrected chi connectivity index (χ0v) is 12.4. The zero-order chi connectivity index (χ0) is 15.7. The number of H-pyrrole nitrogens is 1. The quantitative estimate of drug-likeness (QED) is 0.806. The van der Waals surface area contributed by atoms with Gasteiger partial charge in [0.1, 0.15) is 5.60 Å². The Balaban J connectivity index is 1.86. The van der Waals surface area contributed by atoms with E-state index in [9.17, 15) is 14.7 Å². The minimum atomic E-state index is -1.27. The summed E-state index contributed by atoms with van der Waals surface area (Å²) in [6, 6.07) is 7.02. The van der Waals surface area contributed by atoms with E-state index in [-0.39, 0.29) is 11.6 Å². The van der Waals surface area contributed by atoms with Gasteiger partial charge in [0.05, 0.1) is 5.69 Å². The van der Waals surface area contributed by atoms with Crippen LogP contribution in [0.25, 0.3) is 5.69 Å². The molecule has 3 N–H and O–H groups in total. The molecule has 1 saturated carbocycles. The number of anilines is 1. The predicted molar refractivity (Wildman–Crippen MR) is 83.2 cm³/mol. The highest BCUT2D eigenvalue weighted by Gasteiger charge is 2.38. The van der Waals surface area contributed by atoms with Gasteiger partial charge in [-0.3, -0.25) is 9.36 Å². The van der Waals surface area contributed by atoms with Crippen LogP contribution in [-0.4, -0.2) is 26.2 Å². The van der Waals surface area contributed by atoms with E-state index < -0.39 is 5.60 Å². The molecule has 1 aliphatic rings. The first-order valence-corrected chi connectivity index (χ1v) is 7.41. The van der Waals surface area contributed by atoms with E-state index in [1.807, 2.05) is 6.92 Å². The summed E-state index contributed by atoms with van der Waals surface area (Å²) < 4.78 is 1.53. The van der Waals surface area contributed by atoms with Crippen molar-refractivity contribution in [1.82, 2.24) is 9.55 Å². The van der Waals surface area contributed by atoms with Crippen LogP contribution in [0.3, 0.4) is 0 Å². The summed E-state index contributed by atoms with van der Waals surface area (Å²) in [4.78, 5) is 26.7. The summed E-state index contributed by atoms with van der Waals surface area (Å²) in [7, 11) is 0. The Hall–Kier alpha value is -2.34. The smallest absolute Gasteiger partial charge is 0.330 e. The highest BCUT2D eigenvalue weighted by Crippen LogP contribution is 2.30. The number of aliphatic hydroxyl groups is 1. The molecule has 1 fully saturated rings. The number of imidazole rings is 1. The van der Waals surface area contributed by atoms with Gasteiger partial charge in [-0.25, -0.2) is 4.79 Å². The third kappa shape index (κ3) is 2.57. The fraction of sp³-hybridized carbons (Fsp3) is 0.375. The van der Waals surface area contributed by atoms with Gasteiger partial charge in [-0.15, -0.1) is 0 Å². The van der Waals surface area contributed by atoms with Gasteiger partial charge in [-0.2, -0.15) is 0 Å². The summed E-state index contributed by atoms with van der Waals surface area (Å²) in [6.45, 7) is 1.82. The number of aromatic amines is 1. The predicted octanol–water partition coefficient (Wildman–Crippen LogP) is 1.72. The SMILES string of the molecule is Cc1c[nH]c(=O)n1-c1cccc(NC(=O)C2(O)CCCC2)c1. The molecule has 1 heterocycles. The van der Waals surface area contributed by atoms with Crippen molar-refractivity contribution in [2.75, 3.05) is 5.32 Å². The van der Waals surface area contributed by atoms with Crippen molar-refractivity contribution in [2.24, 2.45) is 0 Å². The number of benzene rings is 1. The van der Waals surface area contributed by atoms with E-state index in [0.717, 1.165) is 18.5 Å². The van der Waals surface area contributed by atoms with Crippen LogP contribution in [0.5, 0.6) is 0 Å². The summed E-state index contributed by atoms with van der Waals surface area (Å²) in [5, 5.41) is 13.0. The van der Waals surface area contributed by atoms with E-state index in [4.69, 9.17) is 0 Å². The molecule has 6 nitrogen and oxygen atoms in total. The van der Waals surface area contributed by atoms with Crippen LogP contribution in [0, 0.1) is 6.92 Å². The summed E-state index contributed by atoms with van der Waals surface area (Å²) in [5.74, 6) is -0.375. The number of nitrogens with zero attached hydrogens (tertiary/aromatic N) is 1. The highest BCUT2D eigenvalue weighted by molar-refractivity contribution is 5.97. The molecule has 6 heteroatoms. The second-order valence-electron chi connectivity index (χ2n) is 5.81. The molecule has 2 aromatic rings. The molecule has 1 aromatic carbocycles. The number of nitrogens with one attached hydrogen (secondary N) is 2. The van der Waals surface area contributed by atoms with Gasteiger partial charge >= 0.3 is 5.69 Å². The molecule has 0 bridgehead atoms. The largest absolute Gasteiger partial charge is 0.380 e. The molecule has 116 valence electrons. The average molecular weight is 301 g/mol. The van der Waals surface area contributed by atoms with Crippen LogP contribution < -0.4 is 11.0 Å². The third-order valence-corrected chi connectivity index (χ3v) is 4.18. The van der Waals surface area contributed by atoms with Crippen molar-refractivity contribution in [2.45, 2.75) is 38.2 Å². The van der Waals surface area contributed by atoms with Gasteiger partial charge in [0.2, 0.25) is 0 Å². The fourth-order valence-electron chi connectivity index (χ4n) is 2.93. The molecular weight excluding hydrogens is 282 g/mol. The van der Waals surface area contributed by atoms with Crippen LogP contribution in [0.15, 0.2) is 35.3 Å². The summed E-state index contributed by atoms with van der Waals surface area (Å²) in [6.07, 6.45) is 4.35. The van der Waals surface area contributed by atoms with Gasteiger partial charge in [-0.1, -0.05) is 6.07 Å². The zero-order valence-electron chi connectivity index (χ0n) is 12.4. The minimum absolute atomic E-state index is 0.226. The normalized spacial score (nSPS) is 16.6. The maximum Gasteiger partial charge on any atom is 0.330 e. The maximum absolute atomic E-state index is 12.2. The molecule has 1 aromatic heterocycles. The Morgan fingerprint density at radius 1 is 1.36 bits per heavy atom. The van der Waals surface area contributed by atoms with Gasteiger partial charge in [-0.05, 0) is 50.8 Å². The number of hydrogen-bond donors (Lipinski definition) is 3. The number of amides is 1. The van der Waals surface area contributed by atoms with E-state index in [0.29, 0.717) is 24.2 Å². The van der Waals surface area contributed by atoms with Gasteiger partial charge in [0.15, 0.2) is 0 Å². The van der Waals surface area contributed by atoms with Crippen LogP contribution >= 0.6 is 0 Å². The molecule has 0 atom stereocenters. The van der Waals surface area contributed by atoms with Crippen molar-refractivity contribution < 1.29 is 9.90 Å². The number of aryl methyl sites for hydroxylation is 1. The molecule has 0 unspecified atom stereocenters. The number of carbonyl (C=O) groups excluding carboxylic acids is 1. The van der Waals surface area contributed by atoms with Crippen molar-refractivity contribution in [3.8, 4) is 5.69 Å². The lowest BCUT2D eigenvalue weighted by atomic mass is 10.0. The molecule has 0 saturated heterocycles. The second kappa shape index (κ2) is 5.46. The van der Waals surface area contributed by atoms with E-state index in [1.54, 1.807) is 30.5 Å². The topological polar surface area (TPSA) is 87.1 Å². The van der Waals surface area contributed by atoms with Gasteiger partial charge in [0.25, 0.3) is 5.91 Å². The van der Waals surface area contributed by atoms with Crippen LogP contribution in [0.2, 0.25) is 0 Å². The third-order valence-electron chi connectivity index (χ3n) is 4.18. The highest BCUT2D eigenvalue weighted by atomic mass is 16.3. The Bertz CT molecular complexity index is 754. The standard InChI is InChI=1S/C16H19N3O3/c1-11-10-17-15(21)19(11)13-6-4-5-12(9-13)18-14(20)16(22)7-2-3-8-16/h4-6,9-10,22H,2-3,7-8H2,1H3,(H,17,21)(H,18,20). The van der Waals surface area contributed by atoms with Crippen LogP contribution in [-0.2, 0) is 4.79 Å². The lowest BCUT2D eigenvalue weighted by molar-refractivity contribution is -0.133. The molecule has 3 rings (SSSR count). The van der Waals surface area contributed by atoms with Gasteiger partial charge in [0, 0.05) is 17.6 Å². The summed E-state index contributed by atoms with van der Waals surface area (Å²) >= 11 is 0. The number of aromatic nitrogens is 2. The number of carbonyl (C=O) groups is 1. The first-order valence-electron chi connectivity index (χ1n) is 7.41. The lowest BCUT2D eigenvalue weighted by Crippen LogP contribution is -2.40. The van der Waals surface area contributed by atoms with Gasteiger partial charge < -0.3 is 15.4 Å². The Morgan fingerprint density at radius 2 is 2.09 bits per heavy atom. The van der Waals surface area contributed by atoms with Crippen LogP contribution in [0.4, 0.5) is 5.69 Å². The van der Waals surface area contributed by atoms with Crippen molar-refractivity contribution in [1.29, 1.82) is 0 Å². The minimum Gasteiger partial charge on any atom is -0.380 e.